The van der Waals surface area contributed by atoms with E-state index in [1.54, 1.807) is 0 Å². The van der Waals surface area contributed by atoms with Gasteiger partial charge in [-0.1, -0.05) is 5.11 Å². The second kappa shape index (κ2) is 1.85. The first-order valence-corrected chi connectivity index (χ1v) is 2.32. The van der Waals surface area contributed by atoms with Crippen LogP contribution in [0.15, 0.2) is 14.7 Å². The molecule has 0 unspecified atom stereocenters. The largest absolute Gasteiger partial charge is 0.395 e. The van der Waals surface area contributed by atoms with Crippen LogP contribution in [0.5, 0.6) is 0 Å². The molecule has 0 spiro atoms. The third-order valence-electron chi connectivity index (χ3n) is 1.07. The van der Waals surface area contributed by atoms with Gasteiger partial charge in [-0.2, -0.15) is 0 Å². The van der Waals surface area contributed by atoms with Crippen molar-refractivity contribution >= 4 is 11.4 Å². The molecule has 6 heteroatoms. The van der Waals surface area contributed by atoms with Gasteiger partial charge in [-0.25, -0.2) is 0 Å². The Morgan fingerprint density at radius 1 is 1.40 bits per heavy atom. The van der Waals surface area contributed by atoms with Crippen LogP contribution in [-0.2, 0) is 0 Å². The number of anilines is 1. The molecule has 0 fully saturated rings. The fourth-order valence-electron chi connectivity index (χ4n) is 0.541. The first-order valence-electron chi connectivity index (χ1n) is 2.32. The van der Waals surface area contributed by atoms with Gasteiger partial charge < -0.3 is 5.73 Å². The summed E-state index contributed by atoms with van der Waals surface area (Å²) in [6.45, 7) is 0. The third kappa shape index (κ3) is 0.564. The molecule has 0 aliphatic heterocycles. The average Bonchev–Trinajstić information content (AvgIpc) is 1.98. The van der Waals surface area contributed by atoms with E-state index in [4.69, 9.17) is 11.3 Å². The Kier molecular flexibility index (Phi) is 1.17. The first kappa shape index (κ1) is 6.31. The average molecular weight is 138 g/mol. The highest BCUT2D eigenvalue weighted by molar-refractivity contribution is 5.67. The van der Waals surface area contributed by atoms with E-state index in [9.17, 15) is 9.59 Å². The van der Waals surface area contributed by atoms with E-state index in [0.717, 1.165) is 0 Å². The zero-order valence-electron chi connectivity index (χ0n) is 4.74. The minimum atomic E-state index is -0.810. The van der Waals surface area contributed by atoms with Gasteiger partial charge in [-0.3, -0.25) is 9.59 Å². The van der Waals surface area contributed by atoms with E-state index >= 15 is 0 Å². The van der Waals surface area contributed by atoms with Crippen molar-refractivity contribution in [3.8, 4) is 0 Å². The normalized spacial score (nSPS) is 9.20. The topological polar surface area (TPSA) is 109 Å². The summed E-state index contributed by atoms with van der Waals surface area (Å²) in [5.74, 6) is 0. The molecule has 1 aromatic rings. The van der Waals surface area contributed by atoms with Crippen molar-refractivity contribution in [3.05, 3.63) is 30.9 Å². The van der Waals surface area contributed by atoms with Crippen molar-refractivity contribution < 1.29 is 0 Å². The summed E-state index contributed by atoms with van der Waals surface area (Å²) in [6, 6.07) is 0. The molecule has 0 aromatic heterocycles. The Morgan fingerprint density at radius 2 is 2.00 bits per heavy atom. The second-order valence-electron chi connectivity index (χ2n) is 1.61. The van der Waals surface area contributed by atoms with Crippen LogP contribution in [0.25, 0.3) is 10.4 Å². The predicted octanol–water partition coefficient (Wildman–Crippen LogP) is -0.193. The van der Waals surface area contributed by atoms with Gasteiger partial charge in [0, 0.05) is 4.91 Å². The van der Waals surface area contributed by atoms with Crippen molar-refractivity contribution in [1.29, 1.82) is 0 Å². The number of nitrogens with two attached hydrogens (primary N) is 1. The van der Waals surface area contributed by atoms with Crippen LogP contribution in [0.3, 0.4) is 0 Å². The molecule has 0 atom stereocenters. The van der Waals surface area contributed by atoms with E-state index < -0.39 is 10.9 Å². The lowest BCUT2D eigenvalue weighted by Crippen LogP contribution is -2.32. The molecular weight excluding hydrogens is 136 g/mol. The molecule has 1 aromatic carbocycles. The van der Waals surface area contributed by atoms with Crippen molar-refractivity contribution in [3.63, 3.8) is 0 Å². The van der Waals surface area contributed by atoms with Gasteiger partial charge in [0.15, 0.2) is 0 Å². The molecule has 6 nitrogen and oxygen atoms in total. The third-order valence-corrected chi connectivity index (χ3v) is 1.07. The van der Waals surface area contributed by atoms with Gasteiger partial charge in [0.25, 0.3) is 0 Å². The summed E-state index contributed by atoms with van der Waals surface area (Å²) in [6.07, 6.45) is 0. The lowest BCUT2D eigenvalue weighted by Gasteiger charge is -1.95. The summed E-state index contributed by atoms with van der Waals surface area (Å²) in [5, 5.41) is 2.91. The van der Waals surface area contributed by atoms with Crippen LogP contribution in [0, 0.1) is 0 Å². The van der Waals surface area contributed by atoms with E-state index in [2.05, 4.69) is 10.0 Å². The van der Waals surface area contributed by atoms with E-state index in [-0.39, 0.29) is 11.4 Å². The highest BCUT2D eigenvalue weighted by atomic mass is 16.2. The standard InChI is InChI=1S/C4H2N4O2/c5-1-2(7-8-6)4(10)3(1)9/h5H2. The lowest BCUT2D eigenvalue weighted by atomic mass is 10.2. The first-order chi connectivity index (χ1) is 4.68. The van der Waals surface area contributed by atoms with Gasteiger partial charge in [-0.05, 0) is 5.53 Å². The van der Waals surface area contributed by atoms with Crippen LogP contribution in [0.2, 0.25) is 0 Å². The molecule has 10 heavy (non-hydrogen) atoms. The maximum atomic E-state index is 10.4. The van der Waals surface area contributed by atoms with Crippen LogP contribution in [-0.4, -0.2) is 0 Å². The summed E-state index contributed by atoms with van der Waals surface area (Å²) in [5.41, 5.74) is 10.7. The van der Waals surface area contributed by atoms with Crippen molar-refractivity contribution in [2.75, 3.05) is 5.73 Å². The quantitative estimate of drug-likeness (QED) is 0.251. The molecule has 0 saturated heterocycles. The maximum absolute atomic E-state index is 10.4. The van der Waals surface area contributed by atoms with Gasteiger partial charge >= 0.3 is 0 Å². The minimum Gasteiger partial charge on any atom is -0.395 e. The van der Waals surface area contributed by atoms with Gasteiger partial charge in [0.2, 0.25) is 10.9 Å². The molecule has 0 aliphatic rings. The molecule has 0 aliphatic carbocycles. The Labute approximate surface area is 54.2 Å². The van der Waals surface area contributed by atoms with E-state index in [0.29, 0.717) is 0 Å². The SMILES string of the molecule is [N-]=[N+]=Nc1c(N)c(=O)c1=O. The van der Waals surface area contributed by atoms with E-state index in [1.807, 2.05) is 0 Å². The molecule has 0 radical (unpaired) electrons. The summed E-state index contributed by atoms with van der Waals surface area (Å²) >= 11 is 0. The molecule has 0 amide bonds. The smallest absolute Gasteiger partial charge is 0.249 e. The monoisotopic (exact) mass is 138 g/mol. The molecule has 50 valence electrons. The number of hydrogen-bond donors (Lipinski definition) is 1. The number of nitrogens with zero attached hydrogens (tertiary/aromatic N) is 3. The lowest BCUT2D eigenvalue weighted by molar-refractivity contribution is 1.33. The van der Waals surface area contributed by atoms with E-state index in [1.165, 1.54) is 0 Å². The Balaban J connectivity index is 3.36. The van der Waals surface area contributed by atoms with Gasteiger partial charge in [0.05, 0.1) is 5.69 Å². The van der Waals surface area contributed by atoms with Gasteiger partial charge in [0.1, 0.15) is 5.69 Å². The van der Waals surface area contributed by atoms with Crippen LogP contribution in [0.4, 0.5) is 11.4 Å². The molecule has 0 saturated carbocycles. The number of azide groups is 1. The van der Waals surface area contributed by atoms with Crippen LogP contribution in [0.1, 0.15) is 0 Å². The maximum Gasteiger partial charge on any atom is 0.249 e. The molecule has 1 rings (SSSR count). The van der Waals surface area contributed by atoms with Crippen molar-refractivity contribution in [2.45, 2.75) is 0 Å². The molecule has 0 heterocycles. The van der Waals surface area contributed by atoms with Crippen molar-refractivity contribution in [1.82, 2.24) is 0 Å². The summed E-state index contributed by atoms with van der Waals surface area (Å²) in [4.78, 5) is 23.0. The van der Waals surface area contributed by atoms with Crippen LogP contribution >= 0.6 is 0 Å². The number of nitrogen functional groups attached to an aromatic ring is 1. The van der Waals surface area contributed by atoms with Crippen LogP contribution < -0.4 is 16.6 Å². The molecule has 2 N–H and O–H groups in total. The fourth-order valence-corrected chi connectivity index (χ4v) is 0.541. The van der Waals surface area contributed by atoms with Crippen molar-refractivity contribution in [2.24, 2.45) is 5.11 Å². The highest BCUT2D eigenvalue weighted by Gasteiger charge is 2.15. The van der Waals surface area contributed by atoms with Gasteiger partial charge in [-0.15, -0.1) is 0 Å². The number of hydrogen-bond acceptors (Lipinski definition) is 4. The zero-order valence-corrected chi connectivity index (χ0v) is 4.74. The fraction of sp³-hybridized carbons (Fsp3) is 0. The summed E-state index contributed by atoms with van der Waals surface area (Å²) < 4.78 is 0. The predicted molar refractivity (Wildman–Crippen MR) is 34.6 cm³/mol. The second-order valence-corrected chi connectivity index (χ2v) is 1.61. The Bertz CT molecular complexity index is 380. The molecule has 0 bridgehead atoms. The molecular formula is C4H2N4O2. The minimum absolute atomic E-state index is 0.247. The highest BCUT2D eigenvalue weighted by Crippen LogP contribution is 2.12. The number of rotatable bonds is 1. The summed E-state index contributed by atoms with van der Waals surface area (Å²) in [7, 11) is 0. The Hall–Kier alpha value is -1.81. The zero-order chi connectivity index (χ0) is 7.72. The Morgan fingerprint density at radius 3 is 2.40 bits per heavy atom.